The first-order chi connectivity index (χ1) is 6.04. The summed E-state index contributed by atoms with van der Waals surface area (Å²) in [5, 5.41) is 9.31. The maximum absolute atomic E-state index is 9.31. The number of nitrogen functional groups attached to an aromatic ring is 1. The van der Waals surface area contributed by atoms with Crippen LogP contribution in [0.15, 0.2) is 18.2 Å². The summed E-state index contributed by atoms with van der Waals surface area (Å²) in [6, 6.07) is 5.26. The van der Waals surface area contributed by atoms with Gasteiger partial charge in [-0.2, -0.15) is 0 Å². The van der Waals surface area contributed by atoms with Crippen LogP contribution in [0.3, 0.4) is 0 Å². The quantitative estimate of drug-likeness (QED) is 0.593. The van der Waals surface area contributed by atoms with E-state index in [0.29, 0.717) is 5.69 Å². The van der Waals surface area contributed by atoms with Crippen molar-refractivity contribution in [3.63, 3.8) is 0 Å². The summed E-state index contributed by atoms with van der Waals surface area (Å²) in [5.74, 6) is 0. The standard InChI is InChI=1S/C10H16N2O/c1-6-4-3-5-8(9(6)11)10(12)7(2)13/h3-5,7,10,13H,11-12H2,1-2H3. The second-order valence-corrected chi connectivity index (χ2v) is 3.34. The van der Waals surface area contributed by atoms with Crippen LogP contribution in [0.1, 0.15) is 24.1 Å². The zero-order valence-electron chi connectivity index (χ0n) is 7.99. The smallest absolute Gasteiger partial charge is 0.0705 e. The zero-order chi connectivity index (χ0) is 10.0. The minimum Gasteiger partial charge on any atom is -0.398 e. The third-order valence-electron chi connectivity index (χ3n) is 2.24. The van der Waals surface area contributed by atoms with E-state index in [4.69, 9.17) is 11.5 Å². The molecule has 1 rings (SSSR count). The molecule has 1 aromatic rings. The van der Waals surface area contributed by atoms with Crippen LogP contribution in [0.2, 0.25) is 0 Å². The molecule has 1 aromatic carbocycles. The first-order valence-corrected chi connectivity index (χ1v) is 4.32. The van der Waals surface area contributed by atoms with Gasteiger partial charge in [0.1, 0.15) is 0 Å². The average Bonchev–Trinajstić information content (AvgIpc) is 2.08. The summed E-state index contributed by atoms with van der Waals surface area (Å²) in [7, 11) is 0. The molecule has 3 nitrogen and oxygen atoms in total. The number of benzene rings is 1. The van der Waals surface area contributed by atoms with Crippen molar-refractivity contribution in [2.24, 2.45) is 5.73 Å². The summed E-state index contributed by atoms with van der Waals surface area (Å²) < 4.78 is 0. The van der Waals surface area contributed by atoms with Crippen LogP contribution in [0.25, 0.3) is 0 Å². The average molecular weight is 180 g/mol. The van der Waals surface area contributed by atoms with Crippen molar-refractivity contribution < 1.29 is 5.11 Å². The van der Waals surface area contributed by atoms with Gasteiger partial charge >= 0.3 is 0 Å². The van der Waals surface area contributed by atoms with Crippen molar-refractivity contribution in [2.75, 3.05) is 5.73 Å². The Kier molecular flexibility index (Phi) is 2.90. The second-order valence-electron chi connectivity index (χ2n) is 3.34. The summed E-state index contributed by atoms with van der Waals surface area (Å²) in [6.45, 7) is 3.58. The fourth-order valence-corrected chi connectivity index (χ4v) is 1.25. The highest BCUT2D eigenvalue weighted by molar-refractivity contribution is 5.54. The van der Waals surface area contributed by atoms with Crippen molar-refractivity contribution >= 4 is 5.69 Å². The van der Waals surface area contributed by atoms with Crippen LogP contribution >= 0.6 is 0 Å². The minimum atomic E-state index is -0.580. The van der Waals surface area contributed by atoms with E-state index >= 15 is 0 Å². The maximum Gasteiger partial charge on any atom is 0.0705 e. The molecule has 0 aromatic heterocycles. The van der Waals surface area contributed by atoms with Crippen molar-refractivity contribution in [2.45, 2.75) is 26.0 Å². The molecule has 0 aliphatic rings. The lowest BCUT2D eigenvalue weighted by Gasteiger charge is -2.18. The van der Waals surface area contributed by atoms with E-state index < -0.39 is 12.1 Å². The van der Waals surface area contributed by atoms with Crippen molar-refractivity contribution in [3.8, 4) is 0 Å². The lowest BCUT2D eigenvalue weighted by molar-refractivity contribution is 0.164. The van der Waals surface area contributed by atoms with E-state index in [1.165, 1.54) is 0 Å². The van der Waals surface area contributed by atoms with Gasteiger partial charge in [0, 0.05) is 5.69 Å². The van der Waals surface area contributed by atoms with Crippen LogP contribution in [-0.2, 0) is 0 Å². The van der Waals surface area contributed by atoms with E-state index in [-0.39, 0.29) is 0 Å². The van der Waals surface area contributed by atoms with Gasteiger partial charge in [0.15, 0.2) is 0 Å². The van der Waals surface area contributed by atoms with E-state index in [1.807, 2.05) is 25.1 Å². The summed E-state index contributed by atoms with van der Waals surface area (Å²) in [5.41, 5.74) is 14.1. The Bertz CT molecular complexity index is 297. The largest absolute Gasteiger partial charge is 0.398 e. The highest BCUT2D eigenvalue weighted by Crippen LogP contribution is 2.23. The highest BCUT2D eigenvalue weighted by Gasteiger charge is 2.14. The third kappa shape index (κ3) is 1.99. The molecule has 0 heterocycles. The number of para-hydroxylation sites is 1. The van der Waals surface area contributed by atoms with Gasteiger partial charge in [-0.25, -0.2) is 0 Å². The molecule has 0 saturated carbocycles. The van der Waals surface area contributed by atoms with Gasteiger partial charge in [-0.1, -0.05) is 18.2 Å². The molecule has 0 fully saturated rings. The fraction of sp³-hybridized carbons (Fsp3) is 0.400. The van der Waals surface area contributed by atoms with E-state index in [2.05, 4.69) is 0 Å². The molecule has 0 radical (unpaired) electrons. The number of aliphatic hydroxyl groups excluding tert-OH is 1. The van der Waals surface area contributed by atoms with Gasteiger partial charge in [-0.05, 0) is 25.0 Å². The lowest BCUT2D eigenvalue weighted by Crippen LogP contribution is -2.24. The first-order valence-electron chi connectivity index (χ1n) is 4.32. The molecule has 2 atom stereocenters. The number of hydrogen-bond donors (Lipinski definition) is 3. The molecule has 0 bridgehead atoms. The van der Waals surface area contributed by atoms with E-state index in [9.17, 15) is 5.11 Å². The summed E-state index contributed by atoms with van der Waals surface area (Å²) in [6.07, 6.45) is -0.580. The number of hydrogen-bond acceptors (Lipinski definition) is 3. The van der Waals surface area contributed by atoms with Gasteiger partial charge in [0.25, 0.3) is 0 Å². The van der Waals surface area contributed by atoms with Crippen LogP contribution in [-0.4, -0.2) is 11.2 Å². The number of aryl methyl sites for hydroxylation is 1. The van der Waals surface area contributed by atoms with Gasteiger partial charge in [0.05, 0.1) is 12.1 Å². The molecule has 13 heavy (non-hydrogen) atoms. The fourth-order valence-electron chi connectivity index (χ4n) is 1.25. The van der Waals surface area contributed by atoms with Crippen LogP contribution < -0.4 is 11.5 Å². The van der Waals surface area contributed by atoms with Crippen molar-refractivity contribution in [1.82, 2.24) is 0 Å². The molecule has 0 aliphatic heterocycles. The highest BCUT2D eigenvalue weighted by atomic mass is 16.3. The molecule has 2 unspecified atom stereocenters. The second kappa shape index (κ2) is 3.77. The molecule has 5 N–H and O–H groups in total. The Labute approximate surface area is 78.4 Å². The number of rotatable bonds is 2. The molecule has 0 saturated heterocycles. The van der Waals surface area contributed by atoms with Crippen LogP contribution in [0.5, 0.6) is 0 Å². The van der Waals surface area contributed by atoms with Gasteiger partial charge in [0.2, 0.25) is 0 Å². The molecular formula is C10H16N2O. The Hall–Kier alpha value is -1.06. The minimum absolute atomic E-state index is 0.403. The molecular weight excluding hydrogens is 164 g/mol. The normalized spacial score (nSPS) is 15.4. The van der Waals surface area contributed by atoms with Crippen molar-refractivity contribution in [1.29, 1.82) is 0 Å². The monoisotopic (exact) mass is 180 g/mol. The predicted octanol–water partition coefficient (Wildman–Crippen LogP) is 0.958. The molecule has 0 amide bonds. The number of anilines is 1. The molecule has 0 spiro atoms. The lowest BCUT2D eigenvalue weighted by atomic mass is 9.99. The molecule has 3 heteroatoms. The van der Waals surface area contributed by atoms with Gasteiger partial charge in [-0.15, -0.1) is 0 Å². The molecule has 0 aliphatic carbocycles. The Morgan fingerprint density at radius 2 is 2.00 bits per heavy atom. The maximum atomic E-state index is 9.31. The summed E-state index contributed by atoms with van der Waals surface area (Å²) in [4.78, 5) is 0. The Balaban J connectivity index is 3.07. The third-order valence-corrected chi connectivity index (χ3v) is 2.24. The van der Waals surface area contributed by atoms with Crippen LogP contribution in [0.4, 0.5) is 5.69 Å². The summed E-state index contributed by atoms with van der Waals surface area (Å²) >= 11 is 0. The Morgan fingerprint density at radius 1 is 1.38 bits per heavy atom. The zero-order valence-corrected chi connectivity index (χ0v) is 7.99. The molecule has 72 valence electrons. The number of aliphatic hydroxyl groups is 1. The van der Waals surface area contributed by atoms with Gasteiger partial charge in [-0.3, -0.25) is 0 Å². The van der Waals surface area contributed by atoms with E-state index in [1.54, 1.807) is 6.92 Å². The first kappa shape index (κ1) is 10.0. The SMILES string of the molecule is Cc1cccc(C(N)C(C)O)c1N. The van der Waals surface area contributed by atoms with E-state index in [0.717, 1.165) is 11.1 Å². The van der Waals surface area contributed by atoms with Crippen molar-refractivity contribution in [3.05, 3.63) is 29.3 Å². The predicted molar refractivity (Wildman–Crippen MR) is 54.2 cm³/mol. The van der Waals surface area contributed by atoms with Gasteiger partial charge < -0.3 is 16.6 Å². The van der Waals surface area contributed by atoms with Crippen LogP contribution in [0, 0.1) is 6.92 Å². The number of nitrogens with two attached hydrogens (primary N) is 2. The topological polar surface area (TPSA) is 72.3 Å². The Morgan fingerprint density at radius 3 is 2.54 bits per heavy atom.